The van der Waals surface area contributed by atoms with E-state index in [0.717, 1.165) is 22.3 Å². The number of carbonyl (C=O) groups excluding carboxylic acids is 4. The quantitative estimate of drug-likeness (QED) is 0.0480. The van der Waals surface area contributed by atoms with Gasteiger partial charge in [-0.15, -0.1) is 0 Å². The fourth-order valence-corrected chi connectivity index (χ4v) is 6.91. The molecule has 4 amide bonds. The number of halogens is 6. The number of benzene rings is 5. The normalized spacial score (nSPS) is 11.7. The van der Waals surface area contributed by atoms with E-state index in [0.29, 0.717) is 12.1 Å². The molecule has 63 heavy (non-hydrogen) atoms. The van der Waals surface area contributed by atoms with Gasteiger partial charge in [0.1, 0.15) is 0 Å². The van der Waals surface area contributed by atoms with E-state index in [1.54, 1.807) is 0 Å². The van der Waals surface area contributed by atoms with Gasteiger partial charge in [-0.05, 0) is 46.0 Å². The second-order valence-electron chi connectivity index (χ2n) is 15.0. The van der Waals surface area contributed by atoms with Gasteiger partial charge in [0, 0.05) is 76.3 Å². The molecule has 0 aliphatic rings. The van der Waals surface area contributed by atoms with Crippen molar-refractivity contribution in [2.45, 2.75) is 62.5 Å². The van der Waals surface area contributed by atoms with Crippen molar-refractivity contribution in [3.05, 3.63) is 178 Å². The van der Waals surface area contributed by atoms with Gasteiger partial charge in [-0.2, -0.15) is 26.3 Å². The minimum absolute atomic E-state index is 0.0285. The van der Waals surface area contributed by atoms with Crippen LogP contribution in [0.5, 0.6) is 0 Å². The van der Waals surface area contributed by atoms with E-state index in [4.69, 9.17) is 0 Å². The molecule has 0 saturated carbocycles. The van der Waals surface area contributed by atoms with Gasteiger partial charge >= 0.3 is 12.4 Å². The van der Waals surface area contributed by atoms with E-state index >= 15 is 0 Å². The summed E-state index contributed by atoms with van der Waals surface area (Å²) in [6.45, 7) is -0.361. The monoisotopic (exact) mass is 873 g/mol. The molecule has 0 unspecified atom stereocenters. The van der Waals surface area contributed by atoms with Crippen molar-refractivity contribution in [1.29, 1.82) is 0 Å². The fraction of sp³-hybridized carbons (Fsp3) is 0.292. The Morgan fingerprint density at radius 1 is 0.413 bits per heavy atom. The zero-order valence-corrected chi connectivity index (χ0v) is 34.3. The number of hydrogen-bond donors (Lipinski definition) is 5. The van der Waals surface area contributed by atoms with Crippen molar-refractivity contribution in [2.24, 2.45) is 0 Å². The van der Waals surface area contributed by atoms with Crippen LogP contribution in [0.4, 0.5) is 26.3 Å². The van der Waals surface area contributed by atoms with Crippen molar-refractivity contribution < 1.29 is 45.5 Å². The highest BCUT2D eigenvalue weighted by atomic mass is 19.4. The lowest BCUT2D eigenvalue weighted by Crippen LogP contribution is -2.48. The van der Waals surface area contributed by atoms with Crippen LogP contribution in [-0.2, 0) is 38.1 Å². The number of amides is 4. The highest BCUT2D eigenvalue weighted by Gasteiger charge is 2.37. The van der Waals surface area contributed by atoms with Crippen molar-refractivity contribution in [2.75, 3.05) is 26.2 Å². The van der Waals surface area contributed by atoms with Crippen molar-refractivity contribution in [1.82, 2.24) is 26.6 Å². The van der Waals surface area contributed by atoms with E-state index in [1.165, 1.54) is 0 Å². The molecule has 5 rings (SSSR count). The third-order valence-corrected chi connectivity index (χ3v) is 10.3. The number of nitrogens with one attached hydrogen (secondary N) is 5. The first-order valence-electron chi connectivity index (χ1n) is 20.4. The molecule has 9 nitrogen and oxygen atoms in total. The van der Waals surface area contributed by atoms with Gasteiger partial charge in [0.2, 0.25) is 23.6 Å². The third kappa shape index (κ3) is 15.7. The average Bonchev–Trinajstić information content (AvgIpc) is 3.28. The zero-order chi connectivity index (χ0) is 45.2. The Balaban J connectivity index is 1.16. The molecule has 0 atom stereocenters. The van der Waals surface area contributed by atoms with Crippen molar-refractivity contribution >= 4 is 23.6 Å². The highest BCUT2D eigenvalue weighted by molar-refractivity contribution is 5.84. The van der Waals surface area contributed by atoms with Gasteiger partial charge in [0.15, 0.2) is 0 Å². The molecule has 0 fully saturated rings. The van der Waals surface area contributed by atoms with Crippen LogP contribution in [0.2, 0.25) is 0 Å². The molecule has 0 aromatic heterocycles. The molecule has 5 aromatic rings. The van der Waals surface area contributed by atoms with E-state index in [2.05, 4.69) is 26.6 Å². The summed E-state index contributed by atoms with van der Waals surface area (Å²) in [6, 6.07) is 38.8. The molecular formula is C48H49F6N5O4. The lowest BCUT2D eigenvalue weighted by Gasteiger charge is -2.21. The Hall–Kier alpha value is -6.48. The van der Waals surface area contributed by atoms with E-state index < -0.39 is 47.9 Å². The van der Waals surface area contributed by atoms with Crippen LogP contribution in [-0.4, -0.2) is 55.8 Å². The number of rotatable bonds is 21. The Bertz CT molecular complexity index is 2000. The Morgan fingerprint density at radius 2 is 0.698 bits per heavy atom. The molecule has 15 heteroatoms. The smallest absolute Gasteiger partial charge is 0.355 e. The second-order valence-corrected chi connectivity index (χ2v) is 15.0. The first-order chi connectivity index (χ1) is 30.2. The summed E-state index contributed by atoms with van der Waals surface area (Å²) in [4.78, 5) is 51.6. The first-order valence-corrected chi connectivity index (χ1v) is 20.4. The van der Waals surface area contributed by atoms with Gasteiger partial charge in [-0.25, -0.2) is 0 Å². The predicted molar refractivity (Wildman–Crippen MR) is 227 cm³/mol. The SMILES string of the molecule is O=C(CCC(=O)NCC(c1ccccc1)c1ccccc1)NCC(CNC(=O)CCC(=O)NCC(c1ccccc1)c1ccccc1)NCc1cc(C(F)(F)F)cc(C(F)(F)F)c1. The van der Waals surface area contributed by atoms with Gasteiger partial charge in [-0.3, -0.25) is 19.2 Å². The fourth-order valence-electron chi connectivity index (χ4n) is 6.91. The van der Waals surface area contributed by atoms with Crippen LogP contribution < -0.4 is 26.6 Å². The van der Waals surface area contributed by atoms with Gasteiger partial charge in [0.05, 0.1) is 11.1 Å². The summed E-state index contributed by atoms with van der Waals surface area (Å²) in [5.41, 5.74) is 0.666. The molecule has 0 saturated heterocycles. The van der Waals surface area contributed by atoms with E-state index in [9.17, 15) is 45.5 Å². The zero-order valence-electron chi connectivity index (χ0n) is 34.3. The van der Waals surface area contributed by atoms with Gasteiger partial charge < -0.3 is 26.6 Å². The molecule has 332 valence electrons. The minimum atomic E-state index is -5.05. The molecule has 0 aliphatic heterocycles. The van der Waals surface area contributed by atoms with E-state index in [1.807, 2.05) is 121 Å². The topological polar surface area (TPSA) is 128 Å². The summed E-state index contributed by atoms with van der Waals surface area (Å²) in [6.07, 6.45) is -10.9. The van der Waals surface area contributed by atoms with Crippen LogP contribution in [0.1, 0.15) is 76.5 Å². The molecule has 5 aromatic carbocycles. The summed E-state index contributed by atoms with van der Waals surface area (Å²) in [5, 5.41) is 13.9. The van der Waals surface area contributed by atoms with Crippen LogP contribution in [0.15, 0.2) is 140 Å². The highest BCUT2D eigenvalue weighted by Crippen LogP contribution is 2.36. The Labute approximate surface area is 362 Å². The largest absolute Gasteiger partial charge is 0.416 e. The first kappa shape index (κ1) is 47.6. The van der Waals surface area contributed by atoms with Crippen LogP contribution >= 0.6 is 0 Å². The minimum Gasteiger partial charge on any atom is -0.355 e. The van der Waals surface area contributed by atoms with Crippen molar-refractivity contribution in [3.8, 4) is 0 Å². The Morgan fingerprint density at radius 3 is 0.984 bits per heavy atom. The molecule has 0 heterocycles. The molecule has 5 N–H and O–H groups in total. The third-order valence-electron chi connectivity index (χ3n) is 10.3. The molecule has 0 radical (unpaired) electrons. The second kappa shape index (κ2) is 23.1. The maximum Gasteiger partial charge on any atom is 0.416 e. The van der Waals surface area contributed by atoms with Crippen LogP contribution in [0, 0.1) is 0 Å². The standard InChI is InChI=1S/C48H49F6N5O4/c49-47(50,51)38-25-33(26-39(27-38)48(52,53)54)28-55-40(29-56-43(60)21-23-45(62)58-31-41(34-13-5-1-6-14-34)35-15-7-2-8-16-35)30-57-44(61)22-24-46(63)59-32-42(36-17-9-3-10-18-36)37-19-11-4-12-20-37/h1-20,25-27,40-42,55H,21-24,28-32H2,(H,56,60)(H,57,61)(H,58,62)(H,59,63). The van der Waals surface area contributed by atoms with E-state index in [-0.39, 0.29) is 87.1 Å². The Kier molecular flexibility index (Phi) is 17.4. The molecule has 0 aliphatic carbocycles. The molecular weight excluding hydrogens is 825 g/mol. The molecule has 0 spiro atoms. The van der Waals surface area contributed by atoms with Crippen LogP contribution in [0.25, 0.3) is 0 Å². The maximum atomic E-state index is 13.6. The number of alkyl halides is 6. The maximum absolute atomic E-state index is 13.6. The summed E-state index contributed by atoms with van der Waals surface area (Å²) in [7, 11) is 0. The lowest BCUT2D eigenvalue weighted by atomic mass is 9.91. The summed E-state index contributed by atoms with van der Waals surface area (Å²) < 4.78 is 81.4. The van der Waals surface area contributed by atoms with Crippen molar-refractivity contribution in [3.63, 3.8) is 0 Å². The number of carbonyl (C=O) groups is 4. The molecule has 0 bridgehead atoms. The van der Waals surface area contributed by atoms with Crippen LogP contribution in [0.3, 0.4) is 0 Å². The average molecular weight is 874 g/mol. The lowest BCUT2D eigenvalue weighted by molar-refractivity contribution is -0.143. The number of hydrogen-bond acceptors (Lipinski definition) is 5. The summed E-state index contributed by atoms with van der Waals surface area (Å²) >= 11 is 0. The van der Waals surface area contributed by atoms with Gasteiger partial charge in [-0.1, -0.05) is 121 Å². The summed E-state index contributed by atoms with van der Waals surface area (Å²) in [5.74, 6) is -2.15. The van der Waals surface area contributed by atoms with Gasteiger partial charge in [0.25, 0.3) is 0 Å². The predicted octanol–water partition coefficient (Wildman–Crippen LogP) is 7.87.